The molecule has 1 aliphatic carbocycles. The predicted molar refractivity (Wildman–Crippen MR) is 74.5 cm³/mol. The van der Waals surface area contributed by atoms with Crippen LogP contribution in [0.5, 0.6) is 0 Å². The molecule has 0 bridgehead atoms. The first-order valence-corrected chi connectivity index (χ1v) is 7.07. The third-order valence-corrected chi connectivity index (χ3v) is 4.19. The Balaban J connectivity index is 1.87. The second-order valence-corrected chi connectivity index (χ2v) is 5.45. The maximum atomic E-state index is 13.8. The highest BCUT2D eigenvalue weighted by Crippen LogP contribution is 2.39. The van der Waals surface area contributed by atoms with Crippen LogP contribution in [0.3, 0.4) is 0 Å². The maximum Gasteiger partial charge on any atom is 0.263 e. The molecule has 1 heterocycles. The molecule has 3 rings (SSSR count). The fourth-order valence-electron chi connectivity index (χ4n) is 2.95. The molecule has 20 heavy (non-hydrogen) atoms. The van der Waals surface area contributed by atoms with Gasteiger partial charge in [-0.3, -0.25) is 0 Å². The van der Waals surface area contributed by atoms with E-state index in [2.05, 4.69) is 17.1 Å². The van der Waals surface area contributed by atoms with Gasteiger partial charge < -0.3 is 10.3 Å². The minimum atomic E-state index is -0.432. The normalized spacial score (nSPS) is 22.3. The number of anilines is 1. The van der Waals surface area contributed by atoms with Gasteiger partial charge in [-0.25, -0.2) is 4.39 Å². The largest absolute Gasteiger partial charge is 0.398 e. The summed E-state index contributed by atoms with van der Waals surface area (Å²) < 4.78 is 19.0. The van der Waals surface area contributed by atoms with Crippen molar-refractivity contribution in [2.24, 2.45) is 5.92 Å². The molecule has 5 heteroatoms. The van der Waals surface area contributed by atoms with Gasteiger partial charge in [0.15, 0.2) is 5.82 Å². The van der Waals surface area contributed by atoms with Crippen molar-refractivity contribution < 1.29 is 8.91 Å². The van der Waals surface area contributed by atoms with Crippen LogP contribution in [0.2, 0.25) is 0 Å². The van der Waals surface area contributed by atoms with Crippen LogP contribution in [0.15, 0.2) is 22.7 Å². The Morgan fingerprint density at radius 3 is 2.95 bits per heavy atom. The maximum absolute atomic E-state index is 13.8. The van der Waals surface area contributed by atoms with Crippen LogP contribution in [-0.4, -0.2) is 10.1 Å². The lowest BCUT2D eigenvalue weighted by atomic mass is 10.0. The zero-order chi connectivity index (χ0) is 14.1. The molecule has 106 valence electrons. The van der Waals surface area contributed by atoms with Gasteiger partial charge in [0, 0.05) is 11.6 Å². The Labute approximate surface area is 117 Å². The second kappa shape index (κ2) is 5.23. The van der Waals surface area contributed by atoms with Crippen molar-refractivity contribution >= 4 is 5.69 Å². The molecule has 4 nitrogen and oxygen atoms in total. The van der Waals surface area contributed by atoms with Crippen molar-refractivity contribution in [2.75, 3.05) is 5.73 Å². The predicted octanol–water partition coefficient (Wildman–Crippen LogP) is 3.75. The molecule has 0 radical (unpaired) electrons. The number of hydrogen-bond acceptors (Lipinski definition) is 4. The average molecular weight is 275 g/mol. The first-order valence-electron chi connectivity index (χ1n) is 7.07. The van der Waals surface area contributed by atoms with Crippen LogP contribution in [0, 0.1) is 11.7 Å². The van der Waals surface area contributed by atoms with Gasteiger partial charge in [-0.05, 0) is 37.3 Å². The van der Waals surface area contributed by atoms with Crippen molar-refractivity contribution in [1.29, 1.82) is 0 Å². The van der Waals surface area contributed by atoms with Crippen molar-refractivity contribution in [3.63, 3.8) is 0 Å². The second-order valence-electron chi connectivity index (χ2n) is 5.45. The summed E-state index contributed by atoms with van der Waals surface area (Å²) >= 11 is 0. The van der Waals surface area contributed by atoms with Gasteiger partial charge in [-0.15, -0.1) is 0 Å². The van der Waals surface area contributed by atoms with Crippen LogP contribution in [0.1, 0.15) is 44.3 Å². The smallest absolute Gasteiger partial charge is 0.263 e. The molecule has 0 saturated heterocycles. The lowest BCUT2D eigenvalue weighted by Gasteiger charge is -2.04. The Morgan fingerprint density at radius 1 is 1.40 bits per heavy atom. The number of nitrogens with two attached hydrogens (primary N) is 1. The van der Waals surface area contributed by atoms with E-state index in [1.165, 1.54) is 18.9 Å². The van der Waals surface area contributed by atoms with Gasteiger partial charge >= 0.3 is 0 Å². The van der Waals surface area contributed by atoms with Crippen molar-refractivity contribution in [2.45, 2.75) is 38.5 Å². The van der Waals surface area contributed by atoms with E-state index in [4.69, 9.17) is 10.3 Å². The summed E-state index contributed by atoms with van der Waals surface area (Å²) in [5.74, 6) is 1.48. The standard InChI is InChI=1S/C15H18FN3O/c1-2-9-6-7-10(8-9)14-18-15(20-19-14)13-11(16)4-3-5-12(13)17/h3-5,9-10H,2,6-8,17H2,1H3. The molecule has 1 fully saturated rings. The van der Waals surface area contributed by atoms with Gasteiger partial charge in [0.05, 0.1) is 5.56 Å². The fourth-order valence-corrected chi connectivity index (χ4v) is 2.95. The molecule has 0 spiro atoms. The SMILES string of the molecule is CCC1CCC(c2noc(-c3c(N)cccc3F)n2)C1. The number of halogens is 1. The number of benzene rings is 1. The summed E-state index contributed by atoms with van der Waals surface area (Å²) in [6, 6.07) is 4.54. The van der Waals surface area contributed by atoms with Crippen LogP contribution < -0.4 is 5.73 Å². The first kappa shape index (κ1) is 13.1. The van der Waals surface area contributed by atoms with Crippen LogP contribution in [-0.2, 0) is 0 Å². The highest BCUT2D eigenvalue weighted by atomic mass is 19.1. The molecular weight excluding hydrogens is 257 g/mol. The molecule has 2 N–H and O–H groups in total. The van der Waals surface area contributed by atoms with Crippen molar-refractivity contribution in [3.05, 3.63) is 29.8 Å². The summed E-state index contributed by atoms with van der Waals surface area (Å²) in [6.07, 6.45) is 4.54. The number of nitrogen functional groups attached to an aromatic ring is 1. The Hall–Kier alpha value is -1.91. The number of nitrogens with zero attached hydrogens (tertiary/aromatic N) is 2. The minimum Gasteiger partial charge on any atom is -0.398 e. The number of rotatable bonds is 3. The molecule has 1 aromatic carbocycles. The summed E-state index contributed by atoms with van der Waals surface area (Å²) in [5, 5.41) is 4.02. The third-order valence-electron chi connectivity index (χ3n) is 4.19. The molecule has 2 unspecified atom stereocenters. The zero-order valence-corrected chi connectivity index (χ0v) is 11.5. The zero-order valence-electron chi connectivity index (χ0n) is 11.5. The Morgan fingerprint density at radius 2 is 2.25 bits per heavy atom. The van der Waals surface area contributed by atoms with E-state index >= 15 is 0 Å². The molecule has 1 aliphatic rings. The van der Waals surface area contributed by atoms with Gasteiger partial charge in [-0.1, -0.05) is 24.6 Å². The molecule has 1 aromatic heterocycles. The van der Waals surface area contributed by atoms with E-state index in [9.17, 15) is 4.39 Å². The molecular formula is C15H18FN3O. The average Bonchev–Trinajstić information content (AvgIpc) is 3.06. The Kier molecular flexibility index (Phi) is 3.42. The lowest BCUT2D eigenvalue weighted by Crippen LogP contribution is -1.98. The highest BCUT2D eigenvalue weighted by molar-refractivity contribution is 5.70. The number of hydrogen-bond donors (Lipinski definition) is 1. The van der Waals surface area contributed by atoms with E-state index in [-0.39, 0.29) is 11.5 Å². The summed E-state index contributed by atoms with van der Waals surface area (Å²) in [6.45, 7) is 2.20. The van der Waals surface area contributed by atoms with E-state index in [0.717, 1.165) is 18.8 Å². The van der Waals surface area contributed by atoms with Crippen LogP contribution in [0.4, 0.5) is 10.1 Å². The topological polar surface area (TPSA) is 64.9 Å². The molecule has 2 aromatic rings. The minimum absolute atomic E-state index is 0.176. The fraction of sp³-hybridized carbons (Fsp3) is 0.467. The van der Waals surface area contributed by atoms with Crippen molar-refractivity contribution in [3.8, 4) is 11.5 Å². The highest BCUT2D eigenvalue weighted by Gasteiger charge is 2.29. The molecule has 2 atom stereocenters. The number of aromatic nitrogens is 2. The third kappa shape index (κ3) is 2.28. The lowest BCUT2D eigenvalue weighted by molar-refractivity contribution is 0.412. The van der Waals surface area contributed by atoms with Gasteiger partial charge in [0.2, 0.25) is 0 Å². The van der Waals surface area contributed by atoms with Gasteiger partial charge in [0.1, 0.15) is 5.82 Å². The molecule has 0 amide bonds. The summed E-state index contributed by atoms with van der Waals surface area (Å²) in [7, 11) is 0. The van der Waals surface area contributed by atoms with Crippen molar-refractivity contribution in [1.82, 2.24) is 10.1 Å². The van der Waals surface area contributed by atoms with Crippen LogP contribution >= 0.6 is 0 Å². The van der Waals surface area contributed by atoms with E-state index < -0.39 is 5.82 Å². The molecule has 0 aliphatic heterocycles. The van der Waals surface area contributed by atoms with Crippen LogP contribution in [0.25, 0.3) is 11.5 Å². The van der Waals surface area contributed by atoms with Gasteiger partial charge in [0.25, 0.3) is 5.89 Å². The van der Waals surface area contributed by atoms with E-state index in [1.807, 2.05) is 0 Å². The molecule has 1 saturated carbocycles. The summed E-state index contributed by atoms with van der Waals surface area (Å²) in [5.41, 5.74) is 6.31. The first-order chi connectivity index (χ1) is 9.69. The van der Waals surface area contributed by atoms with E-state index in [0.29, 0.717) is 17.4 Å². The Bertz CT molecular complexity index is 591. The van der Waals surface area contributed by atoms with Gasteiger partial charge in [-0.2, -0.15) is 4.98 Å². The monoisotopic (exact) mass is 275 g/mol. The summed E-state index contributed by atoms with van der Waals surface area (Å²) in [4.78, 5) is 4.36. The van der Waals surface area contributed by atoms with E-state index in [1.54, 1.807) is 12.1 Å². The quantitative estimate of drug-likeness (QED) is 0.866.